The first-order valence-electron chi connectivity index (χ1n) is 10.4. The average molecular weight is 349 g/mol. The van der Waals surface area contributed by atoms with E-state index in [0.717, 1.165) is 51.0 Å². The maximum Gasteiger partial charge on any atom is 0.118 e. The molecule has 3 nitrogen and oxygen atoms in total. The summed E-state index contributed by atoms with van der Waals surface area (Å²) in [6.07, 6.45) is 6.93. The minimum Gasteiger partial charge on any atom is -0.508 e. The first-order valence-corrected chi connectivity index (χ1v) is 10.4. The Morgan fingerprint density at radius 3 is 1.76 bits per heavy atom. The van der Waals surface area contributed by atoms with Crippen molar-refractivity contribution in [1.29, 1.82) is 0 Å². The molecule has 1 rings (SSSR count). The fraction of sp³-hybridized carbons (Fsp3) is 0.727. The fourth-order valence-corrected chi connectivity index (χ4v) is 3.39. The second-order valence-corrected chi connectivity index (χ2v) is 6.93. The van der Waals surface area contributed by atoms with Gasteiger partial charge in [-0.2, -0.15) is 0 Å². The van der Waals surface area contributed by atoms with Gasteiger partial charge in [-0.25, -0.2) is 0 Å². The van der Waals surface area contributed by atoms with Gasteiger partial charge in [0.25, 0.3) is 0 Å². The van der Waals surface area contributed by atoms with Crippen LogP contribution in [0.3, 0.4) is 0 Å². The number of benzene rings is 1. The van der Waals surface area contributed by atoms with Crippen LogP contribution < -0.4 is 0 Å². The van der Waals surface area contributed by atoms with Crippen LogP contribution in [0.25, 0.3) is 0 Å². The molecule has 0 radical (unpaired) electrons. The van der Waals surface area contributed by atoms with E-state index >= 15 is 0 Å². The summed E-state index contributed by atoms with van der Waals surface area (Å²) in [7, 11) is 0. The van der Waals surface area contributed by atoms with Crippen molar-refractivity contribution in [3.63, 3.8) is 0 Å². The van der Waals surface area contributed by atoms with E-state index in [9.17, 15) is 5.11 Å². The van der Waals surface area contributed by atoms with Crippen LogP contribution in [0.5, 0.6) is 5.75 Å². The van der Waals surface area contributed by atoms with Crippen LogP contribution in [0.4, 0.5) is 0 Å². The summed E-state index contributed by atoms with van der Waals surface area (Å²) in [5.41, 5.74) is 2.50. The van der Waals surface area contributed by atoms with E-state index in [-0.39, 0.29) is 0 Å². The molecule has 0 aliphatic rings. The first-order chi connectivity index (χ1) is 12.1. The third-order valence-electron chi connectivity index (χ3n) is 5.29. The topological polar surface area (TPSA) is 26.7 Å². The number of unbranched alkanes of at least 4 members (excludes halogenated alkanes) is 2. The Kier molecular flexibility index (Phi) is 11.6. The van der Waals surface area contributed by atoms with Crippen LogP contribution in [0.2, 0.25) is 0 Å². The fourth-order valence-electron chi connectivity index (χ4n) is 3.39. The quantitative estimate of drug-likeness (QED) is 0.493. The third-order valence-corrected chi connectivity index (χ3v) is 5.29. The Hall–Kier alpha value is -1.06. The largest absolute Gasteiger partial charge is 0.508 e. The zero-order chi connectivity index (χ0) is 18.5. The van der Waals surface area contributed by atoms with Gasteiger partial charge in [0.15, 0.2) is 0 Å². The molecule has 0 saturated heterocycles. The lowest BCUT2D eigenvalue weighted by atomic mass is 10.0. The van der Waals surface area contributed by atoms with E-state index in [0.29, 0.717) is 5.75 Å². The van der Waals surface area contributed by atoms with Crippen molar-refractivity contribution in [1.82, 2.24) is 9.80 Å². The van der Waals surface area contributed by atoms with E-state index in [4.69, 9.17) is 0 Å². The van der Waals surface area contributed by atoms with Crippen LogP contribution in [-0.4, -0.2) is 54.2 Å². The molecule has 0 fully saturated rings. The van der Waals surface area contributed by atoms with Crippen molar-refractivity contribution < 1.29 is 5.11 Å². The molecule has 3 heteroatoms. The number of aryl methyl sites for hydroxylation is 2. The molecule has 0 bridgehead atoms. The van der Waals surface area contributed by atoms with Gasteiger partial charge in [-0.15, -0.1) is 0 Å². The molecule has 0 saturated carbocycles. The van der Waals surface area contributed by atoms with E-state index < -0.39 is 0 Å². The normalized spacial score (nSPS) is 11.6. The Balaban J connectivity index is 2.37. The van der Waals surface area contributed by atoms with Gasteiger partial charge in [-0.3, -0.25) is 0 Å². The zero-order valence-corrected chi connectivity index (χ0v) is 17.1. The minimum atomic E-state index is 0.467. The maximum absolute atomic E-state index is 10.1. The summed E-state index contributed by atoms with van der Waals surface area (Å²) < 4.78 is 0. The molecule has 1 aromatic carbocycles. The molecule has 0 aliphatic carbocycles. The Morgan fingerprint density at radius 1 is 0.720 bits per heavy atom. The van der Waals surface area contributed by atoms with Crippen molar-refractivity contribution >= 4 is 0 Å². The zero-order valence-electron chi connectivity index (χ0n) is 17.1. The summed E-state index contributed by atoms with van der Waals surface area (Å²) >= 11 is 0. The highest BCUT2D eigenvalue weighted by atomic mass is 16.3. The summed E-state index contributed by atoms with van der Waals surface area (Å²) in [5.74, 6) is 0.467. The molecule has 25 heavy (non-hydrogen) atoms. The van der Waals surface area contributed by atoms with Gasteiger partial charge in [-0.1, -0.05) is 39.8 Å². The molecular formula is C22H40N2O. The number of nitrogens with zero attached hydrogens (tertiary/aromatic N) is 2. The molecular weight excluding hydrogens is 308 g/mol. The number of hydrogen-bond acceptors (Lipinski definition) is 3. The first kappa shape index (κ1) is 22.0. The van der Waals surface area contributed by atoms with Crippen LogP contribution >= 0.6 is 0 Å². The molecule has 1 N–H and O–H groups in total. The smallest absolute Gasteiger partial charge is 0.118 e. The van der Waals surface area contributed by atoms with Gasteiger partial charge in [0.1, 0.15) is 5.75 Å². The van der Waals surface area contributed by atoms with Gasteiger partial charge in [-0.05, 0) is 95.0 Å². The highest BCUT2D eigenvalue weighted by Crippen LogP contribution is 2.22. The number of phenolic OH excluding ortho intramolecular Hbond substituents is 1. The van der Waals surface area contributed by atoms with Gasteiger partial charge in [0.05, 0.1) is 0 Å². The molecule has 0 aromatic heterocycles. The second kappa shape index (κ2) is 13.2. The Labute approximate surface area is 156 Å². The van der Waals surface area contributed by atoms with Crippen LogP contribution in [0.1, 0.15) is 64.5 Å². The number of phenols is 1. The summed E-state index contributed by atoms with van der Waals surface area (Å²) in [6, 6.07) is 6.20. The van der Waals surface area contributed by atoms with Crippen LogP contribution in [-0.2, 0) is 12.8 Å². The monoisotopic (exact) mass is 348 g/mol. The molecule has 0 spiro atoms. The lowest BCUT2D eigenvalue weighted by molar-refractivity contribution is 0.296. The van der Waals surface area contributed by atoms with Gasteiger partial charge >= 0.3 is 0 Å². The van der Waals surface area contributed by atoms with Crippen molar-refractivity contribution in [2.45, 2.75) is 66.2 Å². The predicted molar refractivity (Wildman–Crippen MR) is 110 cm³/mol. The van der Waals surface area contributed by atoms with Crippen molar-refractivity contribution in [2.75, 3.05) is 39.3 Å². The Morgan fingerprint density at radius 2 is 1.24 bits per heavy atom. The Bertz CT molecular complexity index is 453. The molecule has 0 aliphatic heterocycles. The molecule has 0 heterocycles. The molecule has 1 aromatic rings. The van der Waals surface area contributed by atoms with Crippen LogP contribution in [0, 0.1) is 0 Å². The molecule has 0 unspecified atom stereocenters. The van der Waals surface area contributed by atoms with Crippen molar-refractivity contribution in [2.24, 2.45) is 0 Å². The second-order valence-electron chi connectivity index (χ2n) is 6.93. The average Bonchev–Trinajstić information content (AvgIpc) is 2.64. The highest BCUT2D eigenvalue weighted by Gasteiger charge is 2.05. The minimum absolute atomic E-state index is 0.467. The van der Waals surface area contributed by atoms with Crippen molar-refractivity contribution in [3.05, 3.63) is 29.3 Å². The summed E-state index contributed by atoms with van der Waals surface area (Å²) in [5, 5.41) is 10.1. The maximum atomic E-state index is 10.1. The van der Waals surface area contributed by atoms with E-state index in [1.807, 2.05) is 6.07 Å². The molecule has 144 valence electrons. The number of rotatable bonds is 14. The van der Waals surface area contributed by atoms with Gasteiger partial charge in [0, 0.05) is 0 Å². The van der Waals surface area contributed by atoms with Crippen LogP contribution in [0.15, 0.2) is 18.2 Å². The molecule has 0 atom stereocenters. The number of hydrogen-bond donors (Lipinski definition) is 1. The standard InChI is InChI=1S/C22H40N2O/c1-5-23(6-2)17-11-9-13-20-15-16-22(25)21(19-20)14-10-12-18-24(7-3)8-4/h15-16,19,25H,5-14,17-18H2,1-4H3. The van der Waals surface area contributed by atoms with Gasteiger partial charge in [0.2, 0.25) is 0 Å². The van der Waals surface area contributed by atoms with E-state index in [1.165, 1.54) is 37.9 Å². The summed E-state index contributed by atoms with van der Waals surface area (Å²) in [6.45, 7) is 15.8. The SMILES string of the molecule is CCN(CC)CCCCc1ccc(O)c(CCCCN(CC)CC)c1. The third kappa shape index (κ3) is 8.73. The lowest BCUT2D eigenvalue weighted by Gasteiger charge is -2.18. The predicted octanol–water partition coefficient (Wildman–Crippen LogP) is 4.72. The van der Waals surface area contributed by atoms with E-state index in [2.05, 4.69) is 49.6 Å². The summed E-state index contributed by atoms with van der Waals surface area (Å²) in [4.78, 5) is 4.95. The number of aromatic hydroxyl groups is 1. The lowest BCUT2D eigenvalue weighted by Crippen LogP contribution is -2.24. The molecule has 0 amide bonds. The van der Waals surface area contributed by atoms with E-state index in [1.54, 1.807) is 0 Å². The van der Waals surface area contributed by atoms with Gasteiger partial charge < -0.3 is 14.9 Å². The highest BCUT2D eigenvalue weighted by molar-refractivity contribution is 5.36. The van der Waals surface area contributed by atoms with Crippen molar-refractivity contribution in [3.8, 4) is 5.75 Å².